The van der Waals surface area contributed by atoms with Gasteiger partial charge in [0.25, 0.3) is 10.0 Å². The Morgan fingerprint density at radius 2 is 1.95 bits per heavy atom. The van der Waals surface area contributed by atoms with Crippen LogP contribution >= 0.6 is 38.9 Å². The molecule has 0 radical (unpaired) electrons. The fourth-order valence-electron chi connectivity index (χ4n) is 3.45. The predicted molar refractivity (Wildman–Crippen MR) is 85.9 cm³/mol. The number of nitrogens with zero attached hydrogens (tertiary/aromatic N) is 1. The summed E-state index contributed by atoms with van der Waals surface area (Å²) in [5.74, 6) is 0.547. The molecule has 112 valence electrons. The standard InChI is InChI=1S/C13H17BrClNO2S2/c14-13-10(15)8-12(19-13)20(17,18)16-7-3-5-9-4-1-2-6-11(9)16/h8-9,11H,1-7H2. The van der Waals surface area contributed by atoms with E-state index in [4.69, 9.17) is 11.6 Å². The van der Waals surface area contributed by atoms with Crippen molar-refractivity contribution in [3.8, 4) is 0 Å². The van der Waals surface area contributed by atoms with Gasteiger partial charge in [-0.05, 0) is 53.6 Å². The number of thiophene rings is 1. The topological polar surface area (TPSA) is 37.4 Å². The van der Waals surface area contributed by atoms with E-state index >= 15 is 0 Å². The van der Waals surface area contributed by atoms with Crippen molar-refractivity contribution in [2.75, 3.05) is 6.54 Å². The van der Waals surface area contributed by atoms with E-state index in [1.54, 1.807) is 10.4 Å². The fourth-order valence-corrected chi connectivity index (χ4v) is 7.73. The summed E-state index contributed by atoms with van der Waals surface area (Å²) in [6.45, 7) is 0.649. The molecule has 3 rings (SSSR count). The van der Waals surface area contributed by atoms with E-state index in [9.17, 15) is 8.42 Å². The molecule has 2 heterocycles. The molecular weight excluding hydrogens is 382 g/mol. The van der Waals surface area contributed by atoms with Gasteiger partial charge in [-0.2, -0.15) is 4.31 Å². The van der Waals surface area contributed by atoms with Crippen molar-refractivity contribution < 1.29 is 8.42 Å². The van der Waals surface area contributed by atoms with Gasteiger partial charge in [0.05, 0.1) is 8.81 Å². The SMILES string of the molecule is O=S(=O)(c1cc(Cl)c(Br)s1)N1CCCC2CCCCC21. The van der Waals surface area contributed by atoms with Crippen molar-refractivity contribution in [3.63, 3.8) is 0 Å². The lowest BCUT2D eigenvalue weighted by Crippen LogP contribution is -2.49. The molecule has 1 saturated heterocycles. The maximum absolute atomic E-state index is 12.9. The largest absolute Gasteiger partial charge is 0.252 e. The molecule has 1 aromatic rings. The highest BCUT2D eigenvalue weighted by Crippen LogP contribution is 2.41. The number of halogens is 2. The average Bonchev–Trinajstić information content (AvgIpc) is 2.79. The van der Waals surface area contributed by atoms with Crippen molar-refractivity contribution in [3.05, 3.63) is 14.9 Å². The summed E-state index contributed by atoms with van der Waals surface area (Å²) in [7, 11) is -3.40. The normalized spacial score (nSPS) is 28.3. The van der Waals surface area contributed by atoms with Gasteiger partial charge in [0.1, 0.15) is 4.21 Å². The summed E-state index contributed by atoms with van der Waals surface area (Å²) >= 11 is 10.5. The van der Waals surface area contributed by atoms with E-state index in [-0.39, 0.29) is 6.04 Å². The zero-order chi connectivity index (χ0) is 14.3. The van der Waals surface area contributed by atoms with E-state index in [2.05, 4.69) is 15.9 Å². The Labute approximate surface area is 137 Å². The van der Waals surface area contributed by atoms with E-state index in [0.717, 1.165) is 19.3 Å². The number of piperidine rings is 1. The van der Waals surface area contributed by atoms with Crippen LogP contribution in [0.5, 0.6) is 0 Å². The van der Waals surface area contributed by atoms with E-state index in [1.807, 2.05) is 0 Å². The molecule has 0 aromatic carbocycles. The van der Waals surface area contributed by atoms with E-state index in [1.165, 1.54) is 30.6 Å². The highest BCUT2D eigenvalue weighted by molar-refractivity contribution is 9.11. The lowest BCUT2D eigenvalue weighted by atomic mass is 9.79. The number of sulfonamides is 1. The second-order valence-corrected chi connectivity index (χ2v) is 10.5. The molecule has 3 nitrogen and oxygen atoms in total. The minimum absolute atomic E-state index is 0.196. The molecule has 2 atom stereocenters. The summed E-state index contributed by atoms with van der Waals surface area (Å²) in [6.07, 6.45) is 6.70. The molecule has 2 fully saturated rings. The van der Waals surface area contributed by atoms with Gasteiger partial charge in [-0.15, -0.1) is 11.3 Å². The molecular formula is C13H17BrClNO2S2. The lowest BCUT2D eigenvalue weighted by molar-refractivity contribution is 0.129. The van der Waals surface area contributed by atoms with Crippen LogP contribution in [0.15, 0.2) is 14.1 Å². The van der Waals surface area contributed by atoms with Crippen LogP contribution in [-0.2, 0) is 10.0 Å². The average molecular weight is 399 g/mol. The van der Waals surface area contributed by atoms with Crippen LogP contribution in [0, 0.1) is 5.92 Å². The first-order valence-corrected chi connectivity index (χ1v) is 10.4. The second-order valence-electron chi connectivity index (χ2n) is 5.56. The zero-order valence-corrected chi connectivity index (χ0v) is 15.0. The van der Waals surface area contributed by atoms with E-state index < -0.39 is 10.0 Å². The Balaban J connectivity index is 1.93. The van der Waals surface area contributed by atoms with Gasteiger partial charge < -0.3 is 0 Å². The number of fused-ring (bicyclic) bond motifs is 1. The predicted octanol–water partition coefficient (Wildman–Crippen LogP) is 4.51. The third-order valence-corrected chi connectivity index (χ3v) is 9.23. The summed E-state index contributed by atoms with van der Waals surface area (Å²) in [5.41, 5.74) is 0. The lowest BCUT2D eigenvalue weighted by Gasteiger charge is -2.42. The van der Waals surface area contributed by atoms with Crippen molar-refractivity contribution >= 4 is 48.9 Å². The summed E-state index contributed by atoms with van der Waals surface area (Å²) in [6, 6.07) is 1.76. The van der Waals surface area contributed by atoms with Crippen LogP contribution < -0.4 is 0 Å². The molecule has 1 aliphatic heterocycles. The molecule has 7 heteroatoms. The Hall–Kier alpha value is 0.380. The quantitative estimate of drug-likeness (QED) is 0.735. The Morgan fingerprint density at radius 1 is 1.25 bits per heavy atom. The molecule has 2 aliphatic rings. The molecule has 0 N–H and O–H groups in total. The van der Waals surface area contributed by atoms with Crippen LogP contribution in [0.4, 0.5) is 0 Å². The minimum atomic E-state index is -3.40. The zero-order valence-electron chi connectivity index (χ0n) is 11.0. The van der Waals surface area contributed by atoms with Gasteiger partial charge in [-0.3, -0.25) is 0 Å². The molecule has 0 bridgehead atoms. The van der Waals surface area contributed by atoms with Crippen molar-refractivity contribution in [2.24, 2.45) is 5.92 Å². The first-order chi connectivity index (χ1) is 9.50. The summed E-state index contributed by atoms with van der Waals surface area (Å²) in [4.78, 5) is 0. The van der Waals surface area contributed by atoms with Crippen molar-refractivity contribution in [2.45, 2.75) is 48.8 Å². The molecule has 0 spiro atoms. The number of rotatable bonds is 2. The molecule has 1 saturated carbocycles. The van der Waals surface area contributed by atoms with Crippen molar-refractivity contribution in [1.82, 2.24) is 4.31 Å². The highest BCUT2D eigenvalue weighted by atomic mass is 79.9. The third kappa shape index (κ3) is 2.70. The monoisotopic (exact) mass is 397 g/mol. The molecule has 20 heavy (non-hydrogen) atoms. The fraction of sp³-hybridized carbons (Fsp3) is 0.692. The summed E-state index contributed by atoms with van der Waals surface area (Å²) in [5, 5.41) is 0.478. The van der Waals surface area contributed by atoms with E-state index in [0.29, 0.717) is 25.5 Å². The molecule has 1 aromatic heterocycles. The van der Waals surface area contributed by atoms with Gasteiger partial charge in [0, 0.05) is 12.6 Å². The Bertz CT molecular complexity index is 580. The Kier molecular flexibility index (Phi) is 4.49. The number of hydrogen-bond acceptors (Lipinski definition) is 3. The smallest absolute Gasteiger partial charge is 0.206 e. The summed E-state index contributed by atoms with van der Waals surface area (Å²) < 4.78 is 28.5. The van der Waals surface area contributed by atoms with Gasteiger partial charge in [-0.25, -0.2) is 8.42 Å². The first-order valence-electron chi connectivity index (χ1n) is 6.97. The molecule has 0 amide bonds. The maximum Gasteiger partial charge on any atom is 0.252 e. The van der Waals surface area contributed by atoms with Crippen molar-refractivity contribution in [1.29, 1.82) is 0 Å². The van der Waals surface area contributed by atoms with Crippen LogP contribution in [0.2, 0.25) is 5.02 Å². The van der Waals surface area contributed by atoms with Gasteiger partial charge >= 0.3 is 0 Å². The van der Waals surface area contributed by atoms with Gasteiger partial charge in [0.15, 0.2) is 0 Å². The van der Waals surface area contributed by atoms with Crippen LogP contribution in [0.1, 0.15) is 38.5 Å². The molecule has 2 unspecified atom stereocenters. The maximum atomic E-state index is 12.9. The van der Waals surface area contributed by atoms with Crippen LogP contribution in [-0.4, -0.2) is 25.3 Å². The Morgan fingerprint density at radius 3 is 2.65 bits per heavy atom. The third-order valence-electron chi connectivity index (χ3n) is 4.38. The van der Waals surface area contributed by atoms with Crippen LogP contribution in [0.3, 0.4) is 0 Å². The van der Waals surface area contributed by atoms with Crippen LogP contribution in [0.25, 0.3) is 0 Å². The van der Waals surface area contributed by atoms with Gasteiger partial charge in [-0.1, -0.05) is 24.4 Å². The second kappa shape index (κ2) is 5.88. The molecule has 1 aliphatic carbocycles. The first kappa shape index (κ1) is 15.3. The highest BCUT2D eigenvalue weighted by Gasteiger charge is 2.40. The number of hydrogen-bond donors (Lipinski definition) is 0. The van der Waals surface area contributed by atoms with Gasteiger partial charge in [0.2, 0.25) is 0 Å². The minimum Gasteiger partial charge on any atom is -0.206 e.